The van der Waals surface area contributed by atoms with Gasteiger partial charge in [0.15, 0.2) is 5.71 Å². The molecule has 174 valence electrons. The van der Waals surface area contributed by atoms with Gasteiger partial charge in [0.05, 0.1) is 16.6 Å². The van der Waals surface area contributed by atoms with E-state index in [-0.39, 0.29) is 5.41 Å². The first-order chi connectivity index (χ1) is 16.8. The molecule has 0 atom stereocenters. The summed E-state index contributed by atoms with van der Waals surface area (Å²) in [5.74, 6) is 0. The molecule has 0 aliphatic carbocycles. The van der Waals surface area contributed by atoms with Crippen LogP contribution in [0.5, 0.6) is 0 Å². The number of hydrogen-bond acceptors (Lipinski definition) is 2. The normalized spacial score (nSPS) is 14.9. The van der Waals surface area contributed by atoms with Crippen LogP contribution in [0.15, 0.2) is 84.9 Å². The van der Waals surface area contributed by atoms with Gasteiger partial charge in [-0.3, -0.25) is 0 Å². The van der Waals surface area contributed by atoms with Crippen molar-refractivity contribution < 1.29 is 4.58 Å². The Morgan fingerprint density at radius 3 is 2.26 bits per heavy atom. The molecule has 3 aromatic carbocycles. The van der Waals surface area contributed by atoms with Crippen LogP contribution in [-0.4, -0.2) is 36.4 Å². The SMILES string of the molecule is CN(C)c1ccc(C=CC2=[N+](C)c3ccc(C=Cc4ccc5ccccc5n4)cc3C2(C)C)cc1. The molecule has 0 unspecified atom stereocenters. The van der Waals surface area contributed by atoms with Gasteiger partial charge in [0.25, 0.3) is 0 Å². The molecule has 5 rings (SSSR count). The average molecular weight is 459 g/mol. The molecule has 0 fully saturated rings. The second-order valence-corrected chi connectivity index (χ2v) is 9.93. The molecule has 2 heterocycles. The summed E-state index contributed by atoms with van der Waals surface area (Å²) < 4.78 is 2.32. The van der Waals surface area contributed by atoms with Gasteiger partial charge in [-0.2, -0.15) is 4.58 Å². The van der Waals surface area contributed by atoms with Gasteiger partial charge in [0, 0.05) is 42.9 Å². The largest absolute Gasteiger partial charge is 0.378 e. The van der Waals surface area contributed by atoms with Crippen molar-refractivity contribution in [2.24, 2.45) is 0 Å². The molecule has 3 nitrogen and oxygen atoms in total. The maximum Gasteiger partial charge on any atom is 0.209 e. The third-order valence-electron chi connectivity index (χ3n) is 6.97. The van der Waals surface area contributed by atoms with Crippen molar-refractivity contribution in [3.05, 3.63) is 107 Å². The van der Waals surface area contributed by atoms with E-state index in [1.165, 1.54) is 33.8 Å². The summed E-state index contributed by atoms with van der Waals surface area (Å²) >= 11 is 0. The third kappa shape index (κ3) is 4.42. The number of nitrogens with zero attached hydrogens (tertiary/aromatic N) is 3. The molecule has 0 amide bonds. The molecule has 0 saturated heterocycles. The highest BCUT2D eigenvalue weighted by atomic mass is 15.1. The molecule has 0 N–H and O–H groups in total. The van der Waals surface area contributed by atoms with E-state index < -0.39 is 0 Å². The summed E-state index contributed by atoms with van der Waals surface area (Å²) in [5, 5.41) is 1.16. The lowest BCUT2D eigenvalue weighted by Gasteiger charge is -2.16. The van der Waals surface area contributed by atoms with Crippen molar-refractivity contribution in [3.63, 3.8) is 0 Å². The second-order valence-electron chi connectivity index (χ2n) is 9.93. The minimum Gasteiger partial charge on any atom is -0.378 e. The topological polar surface area (TPSA) is 19.1 Å². The first kappa shape index (κ1) is 22.8. The first-order valence-electron chi connectivity index (χ1n) is 12.1. The number of fused-ring (bicyclic) bond motifs is 2. The van der Waals surface area contributed by atoms with Crippen LogP contribution >= 0.6 is 0 Å². The highest BCUT2D eigenvalue weighted by Crippen LogP contribution is 2.40. The van der Waals surface area contributed by atoms with Crippen molar-refractivity contribution in [2.75, 3.05) is 26.0 Å². The zero-order valence-electron chi connectivity index (χ0n) is 21.2. The number of para-hydroxylation sites is 1. The van der Waals surface area contributed by atoms with Crippen LogP contribution in [0.4, 0.5) is 11.4 Å². The minimum absolute atomic E-state index is 0.0881. The number of benzene rings is 3. The number of hydrogen-bond donors (Lipinski definition) is 0. The number of anilines is 1. The van der Waals surface area contributed by atoms with Crippen LogP contribution in [0.3, 0.4) is 0 Å². The van der Waals surface area contributed by atoms with Crippen LogP contribution in [0.2, 0.25) is 0 Å². The Labute approximate surface area is 208 Å². The molecule has 4 aromatic rings. The smallest absolute Gasteiger partial charge is 0.209 e. The minimum atomic E-state index is -0.0881. The molecule has 35 heavy (non-hydrogen) atoms. The number of pyridine rings is 1. The van der Waals surface area contributed by atoms with E-state index in [0.29, 0.717) is 0 Å². The monoisotopic (exact) mass is 458 g/mol. The van der Waals surface area contributed by atoms with E-state index in [2.05, 4.69) is 136 Å². The molecule has 1 aliphatic rings. The lowest BCUT2D eigenvalue weighted by molar-refractivity contribution is -0.401. The van der Waals surface area contributed by atoms with Gasteiger partial charge in [0.1, 0.15) is 7.05 Å². The summed E-state index contributed by atoms with van der Waals surface area (Å²) in [5.41, 5.74) is 9.40. The van der Waals surface area contributed by atoms with Gasteiger partial charge >= 0.3 is 0 Å². The molecule has 3 heteroatoms. The molecule has 0 radical (unpaired) electrons. The predicted molar refractivity (Wildman–Crippen MR) is 151 cm³/mol. The first-order valence-corrected chi connectivity index (χ1v) is 12.1. The average Bonchev–Trinajstić information content (AvgIpc) is 3.05. The third-order valence-corrected chi connectivity index (χ3v) is 6.97. The standard InChI is InChI=1S/C32H32N3/c1-32(2)28-22-24(10-16-26-17-15-25-8-6-7-9-29(25)33-26)13-20-30(28)35(5)31(32)21-14-23-11-18-27(19-12-23)34(3)4/h6-22H,1-5H3/q+1. The van der Waals surface area contributed by atoms with Gasteiger partial charge in [-0.25, -0.2) is 4.98 Å². The Kier molecular flexibility index (Phi) is 5.86. The van der Waals surface area contributed by atoms with E-state index in [1.807, 2.05) is 12.1 Å². The summed E-state index contributed by atoms with van der Waals surface area (Å²) in [6.45, 7) is 4.62. The lowest BCUT2D eigenvalue weighted by Crippen LogP contribution is -2.26. The van der Waals surface area contributed by atoms with Crippen LogP contribution in [-0.2, 0) is 5.41 Å². The zero-order valence-corrected chi connectivity index (χ0v) is 21.2. The fraction of sp³-hybridized carbons (Fsp3) is 0.188. The van der Waals surface area contributed by atoms with Gasteiger partial charge < -0.3 is 4.90 Å². The summed E-state index contributed by atoms with van der Waals surface area (Å²) in [6.07, 6.45) is 8.74. The molecule has 0 saturated carbocycles. The summed E-state index contributed by atoms with van der Waals surface area (Å²) in [4.78, 5) is 6.89. The Morgan fingerprint density at radius 1 is 0.771 bits per heavy atom. The summed E-state index contributed by atoms with van der Waals surface area (Å²) in [7, 11) is 6.29. The van der Waals surface area contributed by atoms with E-state index in [9.17, 15) is 0 Å². The fourth-order valence-corrected chi connectivity index (χ4v) is 4.87. The van der Waals surface area contributed by atoms with Crippen molar-refractivity contribution >= 4 is 46.2 Å². The maximum absolute atomic E-state index is 4.77. The quantitative estimate of drug-likeness (QED) is 0.295. The van der Waals surface area contributed by atoms with Crippen LogP contribution in [0.1, 0.15) is 36.2 Å². The van der Waals surface area contributed by atoms with Gasteiger partial charge in [-0.05, 0) is 73.5 Å². The van der Waals surface area contributed by atoms with Crippen LogP contribution < -0.4 is 4.90 Å². The number of allylic oxidation sites excluding steroid dienone is 1. The van der Waals surface area contributed by atoms with Gasteiger partial charge in [0.2, 0.25) is 5.69 Å². The Balaban J connectivity index is 1.40. The predicted octanol–water partition coefficient (Wildman–Crippen LogP) is 7.19. The van der Waals surface area contributed by atoms with Crippen LogP contribution in [0, 0.1) is 0 Å². The van der Waals surface area contributed by atoms with E-state index >= 15 is 0 Å². The van der Waals surface area contributed by atoms with Crippen LogP contribution in [0.25, 0.3) is 29.1 Å². The maximum atomic E-state index is 4.77. The van der Waals surface area contributed by atoms with Gasteiger partial charge in [-0.15, -0.1) is 0 Å². The molecule has 0 bridgehead atoms. The van der Waals surface area contributed by atoms with Gasteiger partial charge in [-0.1, -0.05) is 42.5 Å². The second kappa shape index (κ2) is 8.99. The molecule has 1 aromatic heterocycles. The number of rotatable bonds is 5. The highest BCUT2D eigenvalue weighted by Gasteiger charge is 2.42. The lowest BCUT2D eigenvalue weighted by atomic mass is 9.80. The summed E-state index contributed by atoms with van der Waals surface area (Å²) in [6, 6.07) is 27.8. The van der Waals surface area contributed by atoms with Crippen molar-refractivity contribution in [1.29, 1.82) is 0 Å². The zero-order chi connectivity index (χ0) is 24.6. The highest BCUT2D eigenvalue weighted by molar-refractivity contribution is 6.05. The van der Waals surface area contributed by atoms with Crippen molar-refractivity contribution in [3.8, 4) is 0 Å². The van der Waals surface area contributed by atoms with Crippen molar-refractivity contribution in [2.45, 2.75) is 19.3 Å². The Hall–Kier alpha value is -3.98. The van der Waals surface area contributed by atoms with E-state index in [1.54, 1.807) is 0 Å². The van der Waals surface area contributed by atoms with Crippen molar-refractivity contribution in [1.82, 2.24) is 4.98 Å². The Morgan fingerprint density at radius 2 is 1.49 bits per heavy atom. The molecule has 0 spiro atoms. The van der Waals surface area contributed by atoms with E-state index in [4.69, 9.17) is 4.98 Å². The Bertz CT molecular complexity index is 1490. The fourth-order valence-electron chi connectivity index (χ4n) is 4.87. The molecule has 1 aliphatic heterocycles. The molecular weight excluding hydrogens is 426 g/mol. The number of aromatic nitrogens is 1. The molecular formula is C32H32N3+. The van der Waals surface area contributed by atoms with E-state index in [0.717, 1.165) is 16.6 Å².